The zero-order valence-electron chi connectivity index (χ0n) is 9.64. The van der Waals surface area contributed by atoms with Gasteiger partial charge in [-0.1, -0.05) is 36.0 Å². The van der Waals surface area contributed by atoms with Gasteiger partial charge in [-0.2, -0.15) is 0 Å². The third kappa shape index (κ3) is 2.44. The van der Waals surface area contributed by atoms with Crippen molar-refractivity contribution in [1.82, 2.24) is 0 Å². The van der Waals surface area contributed by atoms with Crippen molar-refractivity contribution in [1.29, 1.82) is 0 Å². The first-order chi connectivity index (χ1) is 7.93. The first-order valence-corrected chi connectivity index (χ1v) is 6.56. The van der Waals surface area contributed by atoms with Gasteiger partial charge >= 0.3 is 0 Å². The maximum Gasteiger partial charge on any atom is 0.142 e. The molecule has 0 bridgehead atoms. The van der Waals surface area contributed by atoms with Gasteiger partial charge in [-0.15, -0.1) is 0 Å². The Balaban J connectivity index is 2.41. The maximum atomic E-state index is 13.5. The van der Waals surface area contributed by atoms with Crippen LogP contribution < -0.4 is 0 Å². The molecular formula is C13H15Cl2FO. The Morgan fingerprint density at radius 1 is 1.24 bits per heavy atom. The molecule has 1 N–H and O–H groups in total. The van der Waals surface area contributed by atoms with Crippen molar-refractivity contribution >= 4 is 23.2 Å². The third-order valence-electron chi connectivity index (χ3n) is 3.71. The van der Waals surface area contributed by atoms with Gasteiger partial charge in [-0.3, -0.25) is 0 Å². The van der Waals surface area contributed by atoms with E-state index >= 15 is 0 Å². The lowest BCUT2D eigenvalue weighted by Gasteiger charge is -2.31. The van der Waals surface area contributed by atoms with E-state index in [1.165, 1.54) is 12.1 Å². The minimum Gasteiger partial charge on any atom is -0.385 e. The largest absolute Gasteiger partial charge is 0.385 e. The Morgan fingerprint density at radius 2 is 1.82 bits per heavy atom. The number of aliphatic hydroxyl groups is 1. The van der Waals surface area contributed by atoms with Crippen LogP contribution in [0.15, 0.2) is 12.1 Å². The highest BCUT2D eigenvalue weighted by molar-refractivity contribution is 6.35. The molecule has 2 rings (SSSR count). The van der Waals surface area contributed by atoms with Crippen LogP contribution in [0.1, 0.15) is 38.2 Å². The summed E-state index contributed by atoms with van der Waals surface area (Å²) in [4.78, 5) is 0. The van der Waals surface area contributed by atoms with Gasteiger partial charge in [-0.05, 0) is 37.8 Å². The van der Waals surface area contributed by atoms with Gasteiger partial charge in [0.2, 0.25) is 0 Å². The summed E-state index contributed by atoms with van der Waals surface area (Å²) in [6.45, 7) is 1.71. The molecule has 1 saturated carbocycles. The predicted octanol–water partition coefficient (Wildman–Crippen LogP) is 4.53. The standard InChI is InChI=1S/C13H15Cl2FO/c1-13(17,8-4-2-3-5-8)9-6-12(16)11(15)7-10(9)14/h6-8,17H,2-5H2,1H3. The smallest absolute Gasteiger partial charge is 0.142 e. The molecule has 0 amide bonds. The van der Waals surface area contributed by atoms with Gasteiger partial charge in [0.25, 0.3) is 0 Å². The molecule has 0 radical (unpaired) electrons. The molecule has 1 fully saturated rings. The van der Waals surface area contributed by atoms with Gasteiger partial charge in [0.05, 0.1) is 10.6 Å². The molecule has 0 heterocycles. The lowest BCUT2D eigenvalue weighted by atomic mass is 9.82. The quantitative estimate of drug-likeness (QED) is 0.787. The molecule has 1 unspecified atom stereocenters. The van der Waals surface area contributed by atoms with E-state index in [9.17, 15) is 9.50 Å². The normalized spacial score (nSPS) is 20.5. The van der Waals surface area contributed by atoms with Gasteiger partial charge in [0.15, 0.2) is 0 Å². The second-order valence-corrected chi connectivity index (χ2v) is 5.69. The molecule has 1 aliphatic carbocycles. The molecule has 1 aromatic rings. The molecule has 17 heavy (non-hydrogen) atoms. The SMILES string of the molecule is CC(O)(c1cc(F)c(Cl)cc1Cl)C1CCCC1. The molecule has 94 valence electrons. The first kappa shape index (κ1) is 13.1. The first-order valence-electron chi connectivity index (χ1n) is 5.80. The summed E-state index contributed by atoms with van der Waals surface area (Å²) in [5, 5.41) is 10.9. The van der Waals surface area contributed by atoms with Crippen LogP contribution in [0.4, 0.5) is 4.39 Å². The van der Waals surface area contributed by atoms with E-state index in [-0.39, 0.29) is 10.9 Å². The minimum absolute atomic E-state index is 0.0130. The second-order valence-electron chi connectivity index (χ2n) is 4.88. The molecule has 0 saturated heterocycles. The average Bonchev–Trinajstić information content (AvgIpc) is 2.77. The number of halogens is 3. The molecule has 1 nitrogen and oxygen atoms in total. The Labute approximate surface area is 111 Å². The summed E-state index contributed by atoms with van der Waals surface area (Å²) < 4.78 is 13.5. The van der Waals surface area contributed by atoms with E-state index in [1.54, 1.807) is 6.92 Å². The van der Waals surface area contributed by atoms with Crippen LogP contribution in [-0.4, -0.2) is 5.11 Å². The fourth-order valence-corrected chi connectivity index (χ4v) is 3.19. The van der Waals surface area contributed by atoms with E-state index in [0.717, 1.165) is 25.7 Å². The van der Waals surface area contributed by atoms with E-state index in [4.69, 9.17) is 23.2 Å². The maximum absolute atomic E-state index is 13.5. The Kier molecular flexibility index (Phi) is 3.67. The summed E-state index contributed by atoms with van der Waals surface area (Å²) in [7, 11) is 0. The molecule has 1 aromatic carbocycles. The highest BCUT2D eigenvalue weighted by Gasteiger charge is 2.37. The number of rotatable bonds is 2. The van der Waals surface area contributed by atoms with Gasteiger partial charge in [-0.25, -0.2) is 4.39 Å². The summed E-state index contributed by atoms with van der Waals surface area (Å²) in [5.41, 5.74) is -0.646. The topological polar surface area (TPSA) is 20.2 Å². The van der Waals surface area contributed by atoms with Crippen LogP contribution >= 0.6 is 23.2 Å². The summed E-state index contributed by atoms with van der Waals surface area (Å²) in [5.74, 6) is -0.398. The lowest BCUT2D eigenvalue weighted by Crippen LogP contribution is -2.30. The van der Waals surface area contributed by atoms with E-state index < -0.39 is 11.4 Å². The van der Waals surface area contributed by atoms with Gasteiger partial charge in [0.1, 0.15) is 5.82 Å². The zero-order valence-corrected chi connectivity index (χ0v) is 11.2. The minimum atomic E-state index is -1.08. The Hall–Kier alpha value is -0.310. The molecule has 0 aromatic heterocycles. The van der Waals surface area contributed by atoms with Crippen LogP contribution in [0.5, 0.6) is 0 Å². The summed E-state index contributed by atoms with van der Waals surface area (Å²) in [6, 6.07) is 2.61. The van der Waals surface area contributed by atoms with Crippen LogP contribution in [0.2, 0.25) is 10.0 Å². The Bertz CT molecular complexity index is 426. The van der Waals surface area contributed by atoms with E-state index in [0.29, 0.717) is 10.6 Å². The van der Waals surface area contributed by atoms with Crippen molar-refractivity contribution in [2.24, 2.45) is 5.92 Å². The van der Waals surface area contributed by atoms with Crippen molar-refractivity contribution in [2.45, 2.75) is 38.2 Å². The molecule has 4 heteroatoms. The van der Waals surface area contributed by atoms with Crippen molar-refractivity contribution in [2.75, 3.05) is 0 Å². The lowest BCUT2D eigenvalue weighted by molar-refractivity contribution is -0.00347. The molecule has 1 aliphatic rings. The fourth-order valence-electron chi connectivity index (χ4n) is 2.62. The van der Waals surface area contributed by atoms with Crippen LogP contribution in [0, 0.1) is 11.7 Å². The van der Waals surface area contributed by atoms with Crippen molar-refractivity contribution < 1.29 is 9.50 Å². The number of hydrogen-bond acceptors (Lipinski definition) is 1. The molecule has 0 aliphatic heterocycles. The van der Waals surface area contributed by atoms with Crippen molar-refractivity contribution in [3.8, 4) is 0 Å². The van der Waals surface area contributed by atoms with Crippen LogP contribution in [-0.2, 0) is 5.60 Å². The van der Waals surface area contributed by atoms with Gasteiger partial charge in [0, 0.05) is 10.6 Å². The third-order valence-corrected chi connectivity index (χ3v) is 4.31. The number of benzene rings is 1. The van der Waals surface area contributed by atoms with Crippen molar-refractivity contribution in [3.05, 3.63) is 33.6 Å². The number of hydrogen-bond donors (Lipinski definition) is 1. The van der Waals surface area contributed by atoms with Gasteiger partial charge < -0.3 is 5.11 Å². The highest BCUT2D eigenvalue weighted by atomic mass is 35.5. The highest BCUT2D eigenvalue weighted by Crippen LogP contribution is 2.43. The Morgan fingerprint density at radius 3 is 2.41 bits per heavy atom. The average molecular weight is 277 g/mol. The van der Waals surface area contributed by atoms with Crippen LogP contribution in [0.25, 0.3) is 0 Å². The van der Waals surface area contributed by atoms with Crippen LogP contribution in [0.3, 0.4) is 0 Å². The second kappa shape index (κ2) is 4.75. The van der Waals surface area contributed by atoms with E-state index in [1.807, 2.05) is 0 Å². The summed E-state index contributed by atoms with van der Waals surface area (Å²) in [6.07, 6.45) is 4.12. The summed E-state index contributed by atoms with van der Waals surface area (Å²) >= 11 is 11.7. The molecule has 0 spiro atoms. The van der Waals surface area contributed by atoms with E-state index in [2.05, 4.69) is 0 Å². The zero-order chi connectivity index (χ0) is 12.6. The molecule has 1 atom stereocenters. The fraction of sp³-hybridized carbons (Fsp3) is 0.538. The van der Waals surface area contributed by atoms with Crippen molar-refractivity contribution in [3.63, 3.8) is 0 Å². The predicted molar refractivity (Wildman–Crippen MR) is 67.9 cm³/mol. The monoisotopic (exact) mass is 276 g/mol. The molecular weight excluding hydrogens is 262 g/mol.